The summed E-state index contributed by atoms with van der Waals surface area (Å²) in [5, 5.41) is 6.12. The molecule has 4 heteroatoms. The van der Waals surface area contributed by atoms with Crippen LogP contribution in [-0.2, 0) is 13.1 Å². The number of halogens is 2. The molecule has 0 atom stereocenters. The zero-order chi connectivity index (χ0) is 18.1. The monoisotopic (exact) mass is 340 g/mol. The van der Waals surface area contributed by atoms with Gasteiger partial charge in [-0.25, -0.2) is 8.78 Å². The Labute approximate surface area is 147 Å². The van der Waals surface area contributed by atoms with Crippen molar-refractivity contribution in [2.24, 2.45) is 0 Å². The van der Waals surface area contributed by atoms with Crippen molar-refractivity contribution in [1.82, 2.24) is 5.32 Å². The van der Waals surface area contributed by atoms with Crippen LogP contribution in [0.25, 0.3) is 0 Å². The third-order valence-corrected chi connectivity index (χ3v) is 3.63. The van der Waals surface area contributed by atoms with Crippen molar-refractivity contribution in [2.75, 3.05) is 5.32 Å². The van der Waals surface area contributed by atoms with Crippen molar-refractivity contribution in [3.05, 3.63) is 102 Å². The maximum absolute atomic E-state index is 13.7. The van der Waals surface area contributed by atoms with Crippen molar-refractivity contribution in [2.45, 2.75) is 20.0 Å². The van der Waals surface area contributed by atoms with Gasteiger partial charge in [0.1, 0.15) is 11.6 Å². The highest BCUT2D eigenvalue weighted by Gasteiger charge is 2.02. The van der Waals surface area contributed by atoms with Crippen LogP contribution in [0.1, 0.15) is 18.1 Å². The summed E-state index contributed by atoms with van der Waals surface area (Å²) in [6, 6.07) is 14.4. The van der Waals surface area contributed by atoms with E-state index in [2.05, 4.69) is 17.2 Å². The molecular weight excluding hydrogens is 318 g/mol. The molecule has 0 aliphatic carbocycles. The van der Waals surface area contributed by atoms with Gasteiger partial charge in [0.2, 0.25) is 0 Å². The zero-order valence-electron chi connectivity index (χ0n) is 14.2. The van der Waals surface area contributed by atoms with Crippen LogP contribution in [0.15, 0.2) is 84.9 Å². The maximum atomic E-state index is 13.7. The molecule has 2 aromatic rings. The number of para-hydroxylation sites is 1. The molecule has 2 nitrogen and oxygen atoms in total. The quantitative estimate of drug-likeness (QED) is 0.623. The van der Waals surface area contributed by atoms with Crippen molar-refractivity contribution < 1.29 is 8.78 Å². The van der Waals surface area contributed by atoms with E-state index in [0.29, 0.717) is 24.5 Å². The van der Waals surface area contributed by atoms with Crippen LogP contribution in [-0.4, -0.2) is 0 Å². The number of hydrogen-bond acceptors (Lipinski definition) is 2. The van der Waals surface area contributed by atoms with Crippen molar-refractivity contribution in [3.63, 3.8) is 0 Å². The molecule has 0 aromatic heterocycles. The average Bonchev–Trinajstić information content (AvgIpc) is 2.64. The first-order chi connectivity index (χ1) is 12.1. The number of nitrogens with one attached hydrogen (secondary N) is 2. The van der Waals surface area contributed by atoms with Gasteiger partial charge in [-0.05, 0) is 42.3 Å². The summed E-state index contributed by atoms with van der Waals surface area (Å²) in [4.78, 5) is 0. The first-order valence-corrected chi connectivity index (χ1v) is 8.09. The summed E-state index contributed by atoms with van der Waals surface area (Å²) >= 11 is 0. The minimum absolute atomic E-state index is 0.268. The van der Waals surface area contributed by atoms with Crippen LogP contribution in [0.3, 0.4) is 0 Å². The Hall–Kier alpha value is -2.88. The molecule has 0 spiro atoms. The molecular formula is C21H22F2N2. The zero-order valence-corrected chi connectivity index (χ0v) is 14.2. The van der Waals surface area contributed by atoms with E-state index in [0.717, 1.165) is 11.1 Å². The number of allylic oxidation sites excluding steroid dienone is 4. The summed E-state index contributed by atoms with van der Waals surface area (Å²) in [6.07, 6.45) is 4.62. The van der Waals surface area contributed by atoms with Crippen LogP contribution in [0.4, 0.5) is 14.5 Å². The lowest BCUT2D eigenvalue weighted by Gasteiger charge is -2.10. The fraction of sp³-hybridized carbons (Fsp3) is 0.143. The lowest BCUT2D eigenvalue weighted by molar-refractivity contribution is 0.630. The molecule has 0 saturated carbocycles. The normalized spacial score (nSPS) is 12.0. The number of hydrogen-bond donors (Lipinski definition) is 2. The van der Waals surface area contributed by atoms with E-state index >= 15 is 0 Å². The van der Waals surface area contributed by atoms with Crippen LogP contribution in [0.5, 0.6) is 0 Å². The van der Waals surface area contributed by atoms with Crippen LogP contribution in [0.2, 0.25) is 0 Å². The predicted octanol–water partition coefficient (Wildman–Crippen LogP) is 5.47. The Morgan fingerprint density at radius 2 is 1.68 bits per heavy atom. The Morgan fingerprint density at radius 3 is 2.28 bits per heavy atom. The summed E-state index contributed by atoms with van der Waals surface area (Å²) in [5.41, 5.74) is 2.94. The maximum Gasteiger partial charge on any atom is 0.146 e. The Bertz CT molecular complexity index is 762. The molecule has 0 aliphatic heterocycles. The average molecular weight is 340 g/mol. The van der Waals surface area contributed by atoms with Gasteiger partial charge in [-0.2, -0.15) is 0 Å². The Balaban J connectivity index is 1.93. The van der Waals surface area contributed by atoms with Crippen molar-refractivity contribution in [3.8, 4) is 0 Å². The number of anilines is 1. The highest BCUT2D eigenvalue weighted by atomic mass is 19.1. The summed E-state index contributed by atoms with van der Waals surface area (Å²) in [7, 11) is 0. The van der Waals surface area contributed by atoms with Gasteiger partial charge in [-0.15, -0.1) is 0 Å². The third kappa shape index (κ3) is 5.60. The lowest BCUT2D eigenvalue weighted by atomic mass is 10.1. The molecule has 0 fully saturated rings. The standard InChI is InChI=1S/C21H22F2N2/c1-3-7-20(18(22)4-2)24-14-16-10-12-17(13-11-16)15-25-21-9-6-5-8-19(21)23/h3-13,24-25H,2,14-15H2,1H3/b7-3-,20-18-. The Kier molecular flexibility index (Phi) is 6.96. The molecule has 0 radical (unpaired) electrons. The first kappa shape index (κ1) is 18.5. The number of rotatable bonds is 8. The summed E-state index contributed by atoms with van der Waals surface area (Å²) < 4.78 is 27.2. The van der Waals surface area contributed by atoms with E-state index < -0.39 is 0 Å². The SMILES string of the molecule is C=C/C(F)=C(\C=C/C)NCc1ccc(CNc2ccccc2F)cc1. The van der Waals surface area contributed by atoms with Gasteiger partial charge < -0.3 is 10.6 Å². The highest BCUT2D eigenvalue weighted by Crippen LogP contribution is 2.14. The smallest absolute Gasteiger partial charge is 0.146 e. The van der Waals surface area contributed by atoms with E-state index in [4.69, 9.17) is 0 Å². The van der Waals surface area contributed by atoms with Gasteiger partial charge in [0.25, 0.3) is 0 Å². The first-order valence-electron chi connectivity index (χ1n) is 8.09. The van der Waals surface area contributed by atoms with Gasteiger partial charge >= 0.3 is 0 Å². The van der Waals surface area contributed by atoms with E-state index in [1.807, 2.05) is 31.2 Å². The molecule has 2 rings (SSSR count). The lowest BCUT2D eigenvalue weighted by Crippen LogP contribution is -2.12. The minimum Gasteiger partial charge on any atom is -0.379 e. The molecule has 0 amide bonds. The topological polar surface area (TPSA) is 24.1 Å². The summed E-state index contributed by atoms with van der Waals surface area (Å²) in [5.74, 6) is -0.653. The fourth-order valence-electron chi connectivity index (χ4n) is 2.27. The molecule has 2 aromatic carbocycles. The molecule has 2 N–H and O–H groups in total. The van der Waals surface area contributed by atoms with E-state index in [1.165, 1.54) is 12.1 Å². The predicted molar refractivity (Wildman–Crippen MR) is 100 cm³/mol. The largest absolute Gasteiger partial charge is 0.379 e. The van der Waals surface area contributed by atoms with Gasteiger partial charge in [-0.1, -0.05) is 49.1 Å². The van der Waals surface area contributed by atoms with Crippen LogP contribution < -0.4 is 10.6 Å². The second-order valence-corrected chi connectivity index (χ2v) is 5.47. The highest BCUT2D eigenvalue weighted by molar-refractivity contribution is 5.45. The fourth-order valence-corrected chi connectivity index (χ4v) is 2.27. The second kappa shape index (κ2) is 9.42. The molecule has 130 valence electrons. The molecule has 0 bridgehead atoms. The van der Waals surface area contributed by atoms with Crippen LogP contribution in [0, 0.1) is 5.82 Å². The van der Waals surface area contributed by atoms with Crippen molar-refractivity contribution in [1.29, 1.82) is 0 Å². The van der Waals surface area contributed by atoms with Gasteiger partial charge in [0.15, 0.2) is 0 Å². The van der Waals surface area contributed by atoms with E-state index in [-0.39, 0.29) is 11.6 Å². The molecule has 0 unspecified atom stereocenters. The van der Waals surface area contributed by atoms with Gasteiger partial charge in [0, 0.05) is 13.1 Å². The molecule has 25 heavy (non-hydrogen) atoms. The van der Waals surface area contributed by atoms with Crippen molar-refractivity contribution >= 4 is 5.69 Å². The summed E-state index contributed by atoms with van der Waals surface area (Å²) in [6.45, 7) is 6.30. The second-order valence-electron chi connectivity index (χ2n) is 5.47. The van der Waals surface area contributed by atoms with E-state index in [1.54, 1.807) is 30.4 Å². The van der Waals surface area contributed by atoms with Gasteiger partial charge in [0.05, 0.1) is 11.4 Å². The Morgan fingerprint density at radius 1 is 1.04 bits per heavy atom. The van der Waals surface area contributed by atoms with Crippen LogP contribution >= 0.6 is 0 Å². The van der Waals surface area contributed by atoms with E-state index in [9.17, 15) is 8.78 Å². The minimum atomic E-state index is -0.385. The van der Waals surface area contributed by atoms with Gasteiger partial charge in [-0.3, -0.25) is 0 Å². The molecule has 0 heterocycles. The third-order valence-electron chi connectivity index (χ3n) is 3.63. The molecule has 0 saturated heterocycles. The molecule has 0 aliphatic rings. The number of benzene rings is 2.